The predicted octanol–water partition coefficient (Wildman–Crippen LogP) is 11.3. The van der Waals surface area contributed by atoms with Gasteiger partial charge < -0.3 is 28.6 Å². The molecule has 8 nitrogen and oxygen atoms in total. The van der Waals surface area contributed by atoms with Crippen LogP contribution in [0, 0.1) is 0 Å². The highest BCUT2D eigenvalue weighted by molar-refractivity contribution is 5.70. The molecular formula is C48H87NO7. The molecule has 0 spiro atoms. The van der Waals surface area contributed by atoms with Gasteiger partial charge in [0.15, 0.2) is 6.10 Å². The SMILES string of the molecule is CCCCC/C=C/C=C/CCCCCCCCC(=O)OC(COCCC(C(=O)[O-])[N+](C)(C)C)COC(=O)CCCCCCCCC/C=C/CCCCCCCC. The zero-order valence-corrected chi connectivity index (χ0v) is 37.1. The summed E-state index contributed by atoms with van der Waals surface area (Å²) in [7, 11) is 5.40. The van der Waals surface area contributed by atoms with E-state index in [1.54, 1.807) is 21.1 Å². The van der Waals surface area contributed by atoms with E-state index in [4.69, 9.17) is 14.2 Å². The van der Waals surface area contributed by atoms with Crippen LogP contribution in [0.2, 0.25) is 0 Å². The molecule has 0 aromatic rings. The maximum Gasteiger partial charge on any atom is 0.306 e. The summed E-state index contributed by atoms with van der Waals surface area (Å²) in [6, 6.07) is -0.728. The van der Waals surface area contributed by atoms with Gasteiger partial charge in [0.05, 0.1) is 40.3 Å². The van der Waals surface area contributed by atoms with E-state index in [0.29, 0.717) is 12.8 Å². The van der Waals surface area contributed by atoms with Gasteiger partial charge in [-0.15, -0.1) is 0 Å². The van der Waals surface area contributed by atoms with Gasteiger partial charge >= 0.3 is 11.9 Å². The molecule has 0 aliphatic rings. The van der Waals surface area contributed by atoms with Gasteiger partial charge in [-0.05, 0) is 64.2 Å². The van der Waals surface area contributed by atoms with Crippen LogP contribution >= 0.6 is 0 Å². The van der Waals surface area contributed by atoms with E-state index in [9.17, 15) is 19.5 Å². The number of hydrogen-bond acceptors (Lipinski definition) is 7. The van der Waals surface area contributed by atoms with Crippen molar-refractivity contribution in [3.63, 3.8) is 0 Å². The number of carboxylic acid groups (broad SMARTS) is 1. The lowest BCUT2D eigenvalue weighted by Crippen LogP contribution is -2.55. The maximum absolute atomic E-state index is 12.7. The highest BCUT2D eigenvalue weighted by atomic mass is 16.6. The molecule has 0 aromatic carbocycles. The Morgan fingerprint density at radius 3 is 1.43 bits per heavy atom. The van der Waals surface area contributed by atoms with Crippen molar-refractivity contribution < 1.29 is 38.2 Å². The normalized spacial score (nSPS) is 13.2. The van der Waals surface area contributed by atoms with E-state index in [-0.39, 0.29) is 42.7 Å². The first-order chi connectivity index (χ1) is 27.1. The number of aliphatic carboxylic acids is 1. The Labute approximate surface area is 344 Å². The summed E-state index contributed by atoms with van der Waals surface area (Å²) >= 11 is 0. The number of esters is 2. The maximum atomic E-state index is 12.7. The second-order valence-electron chi connectivity index (χ2n) is 16.7. The third kappa shape index (κ3) is 37.1. The van der Waals surface area contributed by atoms with Crippen LogP contribution in [-0.4, -0.2) is 75.5 Å². The molecule has 56 heavy (non-hydrogen) atoms. The Bertz CT molecular complexity index is 1020. The number of carbonyl (C=O) groups excluding carboxylic acids is 3. The van der Waals surface area contributed by atoms with E-state index in [2.05, 4.69) is 50.3 Å². The van der Waals surface area contributed by atoms with E-state index in [0.717, 1.165) is 57.8 Å². The summed E-state index contributed by atoms with van der Waals surface area (Å²) in [5.41, 5.74) is 0. The zero-order valence-electron chi connectivity index (χ0n) is 37.1. The number of unbranched alkanes of at least 4 members (excludes halogenated alkanes) is 22. The molecule has 0 bridgehead atoms. The summed E-state index contributed by atoms with van der Waals surface area (Å²) < 4.78 is 17.2. The van der Waals surface area contributed by atoms with Gasteiger partial charge in [0.25, 0.3) is 0 Å². The molecule has 326 valence electrons. The second kappa shape index (κ2) is 39.4. The minimum Gasteiger partial charge on any atom is -0.544 e. The van der Waals surface area contributed by atoms with Crippen molar-refractivity contribution >= 4 is 17.9 Å². The number of likely N-dealkylation sites (N-methyl/N-ethyl adjacent to an activating group) is 1. The van der Waals surface area contributed by atoms with Crippen molar-refractivity contribution in [1.82, 2.24) is 0 Å². The molecule has 0 amide bonds. The van der Waals surface area contributed by atoms with Gasteiger partial charge in [0.1, 0.15) is 12.6 Å². The molecule has 0 aliphatic carbocycles. The van der Waals surface area contributed by atoms with Crippen LogP contribution in [-0.2, 0) is 28.6 Å². The molecule has 2 atom stereocenters. The molecule has 0 aliphatic heterocycles. The Kier molecular flexibility index (Phi) is 37.7. The minimum atomic E-state index is -1.13. The number of rotatable bonds is 41. The number of carbonyl (C=O) groups is 3. The standard InChI is InChI=1S/C48H87NO7/c1-6-8-10-12-14-16-18-20-22-23-25-26-28-30-32-34-36-38-46(50)55-43-44(42-54-41-40-45(48(52)53)49(3,4)5)56-47(51)39-37-35-33-31-29-27-24-21-19-17-15-13-11-9-7-2/h15,17,19-22,44-45H,6-14,16,18,23-43H2,1-5H3/b17-15+,21-19+,22-20+. The quantitative estimate of drug-likeness (QED) is 0.0200. The Hall–Kier alpha value is -2.45. The van der Waals surface area contributed by atoms with Crippen LogP contribution < -0.4 is 5.11 Å². The highest BCUT2D eigenvalue weighted by Crippen LogP contribution is 2.14. The molecule has 0 N–H and O–H groups in total. The van der Waals surface area contributed by atoms with E-state index in [1.807, 2.05) is 0 Å². The van der Waals surface area contributed by atoms with Crippen LogP contribution in [0.15, 0.2) is 36.5 Å². The summed E-state index contributed by atoms with van der Waals surface area (Å²) in [6.45, 7) is 4.62. The van der Waals surface area contributed by atoms with Gasteiger partial charge in [0, 0.05) is 19.3 Å². The molecule has 0 saturated heterocycles. The molecule has 0 fully saturated rings. The molecule has 0 heterocycles. The first-order valence-corrected chi connectivity index (χ1v) is 23.0. The van der Waals surface area contributed by atoms with Crippen molar-refractivity contribution in [1.29, 1.82) is 0 Å². The molecule has 0 aromatic heterocycles. The van der Waals surface area contributed by atoms with Crippen molar-refractivity contribution in [3.8, 4) is 0 Å². The van der Waals surface area contributed by atoms with Gasteiger partial charge in [0.2, 0.25) is 0 Å². The number of nitrogens with zero attached hydrogens (tertiary/aromatic N) is 1. The smallest absolute Gasteiger partial charge is 0.306 e. The molecule has 8 heteroatoms. The number of ether oxygens (including phenoxy) is 3. The Morgan fingerprint density at radius 2 is 0.946 bits per heavy atom. The fourth-order valence-corrected chi connectivity index (χ4v) is 6.64. The number of carboxylic acids is 1. The Balaban J connectivity index is 4.33. The van der Waals surface area contributed by atoms with E-state index >= 15 is 0 Å². The summed E-state index contributed by atoms with van der Waals surface area (Å²) in [5.74, 6) is -1.75. The monoisotopic (exact) mass is 790 g/mol. The molecule has 0 radical (unpaired) electrons. The molecule has 2 unspecified atom stereocenters. The van der Waals surface area contributed by atoms with E-state index < -0.39 is 18.1 Å². The van der Waals surface area contributed by atoms with Gasteiger partial charge in [-0.25, -0.2) is 0 Å². The van der Waals surface area contributed by atoms with E-state index in [1.165, 1.54) is 109 Å². The minimum absolute atomic E-state index is 0.0357. The van der Waals surface area contributed by atoms with Crippen molar-refractivity contribution in [2.24, 2.45) is 0 Å². The Morgan fingerprint density at radius 1 is 0.536 bits per heavy atom. The van der Waals surface area contributed by atoms with Gasteiger partial charge in [-0.1, -0.05) is 153 Å². The lowest BCUT2D eigenvalue weighted by Gasteiger charge is -2.34. The van der Waals surface area contributed by atoms with Crippen molar-refractivity contribution in [2.45, 2.75) is 212 Å². The predicted molar refractivity (Wildman–Crippen MR) is 231 cm³/mol. The third-order valence-electron chi connectivity index (χ3n) is 10.3. The summed E-state index contributed by atoms with van der Waals surface area (Å²) in [6.07, 6.45) is 44.4. The van der Waals surface area contributed by atoms with Crippen LogP contribution in [0.3, 0.4) is 0 Å². The lowest BCUT2D eigenvalue weighted by atomic mass is 10.1. The van der Waals surface area contributed by atoms with Crippen LogP contribution in [0.5, 0.6) is 0 Å². The largest absolute Gasteiger partial charge is 0.544 e. The number of quaternary nitrogens is 1. The first-order valence-electron chi connectivity index (χ1n) is 23.0. The zero-order chi connectivity index (χ0) is 41.4. The third-order valence-corrected chi connectivity index (χ3v) is 10.3. The van der Waals surface area contributed by atoms with Crippen LogP contribution in [0.25, 0.3) is 0 Å². The molecule has 0 saturated carbocycles. The molecule has 0 rings (SSSR count). The fourth-order valence-electron chi connectivity index (χ4n) is 6.64. The lowest BCUT2D eigenvalue weighted by molar-refractivity contribution is -0.889. The van der Waals surface area contributed by atoms with Crippen LogP contribution in [0.1, 0.15) is 200 Å². The average molecular weight is 790 g/mol. The summed E-state index contributed by atoms with van der Waals surface area (Å²) in [4.78, 5) is 36.9. The van der Waals surface area contributed by atoms with Crippen LogP contribution in [0.4, 0.5) is 0 Å². The second-order valence-corrected chi connectivity index (χ2v) is 16.7. The number of allylic oxidation sites excluding steroid dienone is 6. The average Bonchev–Trinajstić information content (AvgIpc) is 3.15. The molecular weight excluding hydrogens is 703 g/mol. The topological polar surface area (TPSA) is 102 Å². The highest BCUT2D eigenvalue weighted by Gasteiger charge is 2.25. The fraction of sp³-hybridized carbons (Fsp3) is 0.812. The van der Waals surface area contributed by atoms with Crippen molar-refractivity contribution in [2.75, 3.05) is 41.0 Å². The van der Waals surface area contributed by atoms with Gasteiger partial charge in [-0.3, -0.25) is 9.59 Å². The number of hydrogen-bond donors (Lipinski definition) is 0. The van der Waals surface area contributed by atoms with Crippen molar-refractivity contribution in [3.05, 3.63) is 36.5 Å². The van der Waals surface area contributed by atoms with Gasteiger partial charge in [-0.2, -0.15) is 0 Å². The summed E-state index contributed by atoms with van der Waals surface area (Å²) in [5, 5.41) is 11.6. The first kappa shape index (κ1) is 53.6.